The van der Waals surface area contributed by atoms with Crippen LogP contribution in [-0.4, -0.2) is 9.55 Å². The number of para-hydroxylation sites is 1. The maximum Gasteiger partial charge on any atom is 0.182 e. The van der Waals surface area contributed by atoms with Gasteiger partial charge in [-0.15, -0.1) is 0 Å². The first kappa shape index (κ1) is 12.9. The fraction of sp³-hybridized carbons (Fsp3) is 0.0714. The number of rotatable bonds is 1. The number of fused-ring (bicyclic) bond motifs is 1. The highest BCUT2D eigenvalue weighted by Gasteiger charge is 2.16. The molecule has 0 aliphatic rings. The van der Waals surface area contributed by atoms with Crippen LogP contribution in [-0.2, 0) is 0 Å². The van der Waals surface area contributed by atoms with E-state index in [2.05, 4.69) is 4.98 Å². The van der Waals surface area contributed by atoms with Gasteiger partial charge in [0, 0.05) is 12.1 Å². The summed E-state index contributed by atoms with van der Waals surface area (Å²) in [6.45, 7) is 1.70. The zero-order chi connectivity index (χ0) is 14.4. The van der Waals surface area contributed by atoms with Crippen molar-refractivity contribution in [2.45, 2.75) is 6.92 Å². The third-order valence-electron chi connectivity index (χ3n) is 3.12. The van der Waals surface area contributed by atoms with Crippen LogP contribution in [0, 0.1) is 29.1 Å². The van der Waals surface area contributed by atoms with Crippen LogP contribution in [0.3, 0.4) is 0 Å². The lowest BCUT2D eigenvalue weighted by molar-refractivity contribution is 0.590. The second kappa shape index (κ2) is 4.49. The maximum atomic E-state index is 14.1. The minimum absolute atomic E-state index is 0.0547. The number of hydrogen-bond donors (Lipinski definition) is 1. The van der Waals surface area contributed by atoms with E-state index < -0.39 is 17.5 Å². The number of hydrogen-bond acceptors (Lipinski definition) is 1. The van der Waals surface area contributed by atoms with Gasteiger partial charge in [-0.2, -0.15) is 0 Å². The standard InChI is InChI=1S/C14H9F3N2S/c1-7-3-2-4-9(16)13(7)19-11-6-8(15)5-10(17)12(11)18-14(19)20/h2-6H,1H3,(H,18,20). The smallest absolute Gasteiger partial charge is 0.182 e. The van der Waals surface area contributed by atoms with E-state index in [1.165, 1.54) is 10.6 Å². The molecule has 0 spiro atoms. The molecule has 0 aliphatic heterocycles. The number of nitrogens with zero attached hydrogens (tertiary/aromatic N) is 1. The lowest BCUT2D eigenvalue weighted by Gasteiger charge is -2.09. The SMILES string of the molecule is Cc1cccc(F)c1-n1c(=S)[nH]c2c(F)cc(F)cc21. The Morgan fingerprint density at radius 1 is 1.10 bits per heavy atom. The summed E-state index contributed by atoms with van der Waals surface area (Å²) >= 11 is 5.11. The number of imidazole rings is 1. The molecule has 0 radical (unpaired) electrons. The zero-order valence-corrected chi connectivity index (χ0v) is 11.2. The second-order valence-electron chi connectivity index (χ2n) is 4.45. The van der Waals surface area contributed by atoms with Gasteiger partial charge in [0.15, 0.2) is 10.6 Å². The van der Waals surface area contributed by atoms with Crippen molar-refractivity contribution in [1.29, 1.82) is 0 Å². The van der Waals surface area contributed by atoms with Gasteiger partial charge in [0.1, 0.15) is 17.2 Å². The monoisotopic (exact) mass is 294 g/mol. The Balaban J connectivity index is 2.49. The molecule has 0 aliphatic carbocycles. The lowest BCUT2D eigenvalue weighted by atomic mass is 10.2. The molecule has 0 unspecified atom stereocenters. The minimum atomic E-state index is -0.765. The topological polar surface area (TPSA) is 20.7 Å². The van der Waals surface area contributed by atoms with Crippen molar-refractivity contribution in [2.24, 2.45) is 0 Å². The largest absolute Gasteiger partial charge is 0.328 e. The number of aromatic nitrogens is 2. The summed E-state index contributed by atoms with van der Waals surface area (Å²) in [6, 6.07) is 6.42. The Bertz CT molecular complexity index is 860. The van der Waals surface area contributed by atoms with Gasteiger partial charge in [-0.05, 0) is 30.8 Å². The molecule has 0 bridgehead atoms. The molecule has 6 heteroatoms. The van der Waals surface area contributed by atoms with Crippen molar-refractivity contribution in [1.82, 2.24) is 9.55 Å². The van der Waals surface area contributed by atoms with Crippen molar-refractivity contribution in [3.05, 3.63) is 58.1 Å². The molecule has 0 saturated heterocycles. The van der Waals surface area contributed by atoms with Gasteiger partial charge in [-0.3, -0.25) is 4.57 Å². The molecule has 0 fully saturated rings. The van der Waals surface area contributed by atoms with Crippen molar-refractivity contribution in [3.63, 3.8) is 0 Å². The van der Waals surface area contributed by atoms with Crippen molar-refractivity contribution < 1.29 is 13.2 Å². The fourth-order valence-electron chi connectivity index (χ4n) is 2.26. The van der Waals surface area contributed by atoms with Crippen molar-refractivity contribution in [2.75, 3.05) is 0 Å². The van der Waals surface area contributed by atoms with Gasteiger partial charge in [0.2, 0.25) is 0 Å². The van der Waals surface area contributed by atoms with Gasteiger partial charge in [-0.1, -0.05) is 12.1 Å². The van der Waals surface area contributed by atoms with Crippen LogP contribution in [0.4, 0.5) is 13.2 Å². The van der Waals surface area contributed by atoms with Gasteiger partial charge in [0.25, 0.3) is 0 Å². The van der Waals surface area contributed by atoms with E-state index in [1.807, 2.05) is 0 Å². The number of aromatic amines is 1. The molecular formula is C14H9F3N2S. The average molecular weight is 294 g/mol. The van der Waals surface area contributed by atoms with Crippen molar-refractivity contribution in [3.8, 4) is 5.69 Å². The van der Waals surface area contributed by atoms with Crippen LogP contribution in [0.25, 0.3) is 16.7 Å². The zero-order valence-electron chi connectivity index (χ0n) is 10.4. The molecule has 3 aromatic rings. The summed E-state index contributed by atoms with van der Waals surface area (Å²) in [5, 5.41) is 0. The van der Waals surface area contributed by atoms with Gasteiger partial charge < -0.3 is 4.98 Å². The van der Waals surface area contributed by atoms with Crippen LogP contribution in [0.5, 0.6) is 0 Å². The Hall–Kier alpha value is -2.08. The van der Waals surface area contributed by atoms with E-state index in [4.69, 9.17) is 12.2 Å². The van der Waals surface area contributed by atoms with Crippen LogP contribution in [0.1, 0.15) is 5.56 Å². The Kier molecular flexibility index (Phi) is 2.90. The molecule has 3 rings (SSSR count). The molecule has 0 saturated carbocycles. The first-order chi connectivity index (χ1) is 9.49. The third kappa shape index (κ3) is 1.84. The van der Waals surface area contributed by atoms with Gasteiger partial charge in [0.05, 0.1) is 11.2 Å². The number of H-pyrrole nitrogens is 1. The van der Waals surface area contributed by atoms with Crippen molar-refractivity contribution >= 4 is 23.3 Å². The summed E-state index contributed by atoms with van der Waals surface area (Å²) in [4.78, 5) is 2.64. The third-order valence-corrected chi connectivity index (χ3v) is 3.41. The Morgan fingerprint density at radius 2 is 1.85 bits per heavy atom. The molecular weight excluding hydrogens is 285 g/mol. The average Bonchev–Trinajstić information content (AvgIpc) is 2.67. The molecule has 1 N–H and O–H groups in total. The van der Waals surface area contributed by atoms with E-state index in [0.717, 1.165) is 12.1 Å². The highest BCUT2D eigenvalue weighted by atomic mass is 32.1. The highest BCUT2D eigenvalue weighted by Crippen LogP contribution is 2.26. The highest BCUT2D eigenvalue weighted by molar-refractivity contribution is 7.71. The number of nitrogens with one attached hydrogen (secondary N) is 1. The summed E-state index contributed by atoms with van der Waals surface area (Å²) in [5.74, 6) is -2.02. The summed E-state index contributed by atoms with van der Waals surface area (Å²) in [7, 11) is 0. The second-order valence-corrected chi connectivity index (χ2v) is 4.84. The number of benzene rings is 2. The van der Waals surface area contributed by atoms with E-state index >= 15 is 0 Å². The molecule has 0 amide bonds. The summed E-state index contributed by atoms with van der Waals surface area (Å²) < 4.78 is 42.6. The molecule has 0 atom stereocenters. The fourth-order valence-corrected chi connectivity index (χ4v) is 2.55. The first-order valence-corrected chi connectivity index (χ1v) is 6.25. The lowest BCUT2D eigenvalue weighted by Crippen LogP contribution is -2.01. The first-order valence-electron chi connectivity index (χ1n) is 5.84. The number of halogens is 3. The van der Waals surface area contributed by atoms with Gasteiger partial charge in [-0.25, -0.2) is 13.2 Å². The quantitative estimate of drug-likeness (QED) is 0.659. The molecule has 1 heterocycles. The molecule has 1 aromatic heterocycles. The van der Waals surface area contributed by atoms with Crippen LogP contribution in [0.15, 0.2) is 30.3 Å². The molecule has 20 heavy (non-hydrogen) atoms. The predicted octanol–water partition coefficient (Wildman–Crippen LogP) is 4.41. The number of aryl methyl sites for hydroxylation is 1. The normalized spacial score (nSPS) is 11.2. The maximum absolute atomic E-state index is 14.1. The van der Waals surface area contributed by atoms with Crippen LogP contribution >= 0.6 is 12.2 Å². The predicted molar refractivity (Wildman–Crippen MR) is 73.1 cm³/mol. The Labute approximate surface area is 117 Å². The molecule has 102 valence electrons. The van der Waals surface area contributed by atoms with E-state index in [9.17, 15) is 13.2 Å². The molecule has 2 aromatic carbocycles. The van der Waals surface area contributed by atoms with Crippen LogP contribution in [0.2, 0.25) is 0 Å². The summed E-state index contributed by atoms with van der Waals surface area (Å²) in [6.07, 6.45) is 0. The summed E-state index contributed by atoms with van der Waals surface area (Å²) in [5.41, 5.74) is 1.03. The Morgan fingerprint density at radius 3 is 2.55 bits per heavy atom. The molecule has 2 nitrogen and oxygen atoms in total. The van der Waals surface area contributed by atoms with Crippen LogP contribution < -0.4 is 0 Å². The minimum Gasteiger partial charge on any atom is -0.328 e. The van der Waals surface area contributed by atoms with E-state index in [-0.39, 0.29) is 21.5 Å². The van der Waals surface area contributed by atoms with E-state index in [1.54, 1.807) is 19.1 Å². The van der Waals surface area contributed by atoms with Gasteiger partial charge >= 0.3 is 0 Å². The van der Waals surface area contributed by atoms with E-state index in [0.29, 0.717) is 5.56 Å².